The number of aliphatic hydroxyl groups excluding tert-OH is 1. The predicted molar refractivity (Wildman–Crippen MR) is 142 cm³/mol. The second-order valence-electron chi connectivity index (χ2n) is 9.75. The van der Waals surface area contributed by atoms with E-state index in [0.717, 1.165) is 11.1 Å². The fourth-order valence-corrected chi connectivity index (χ4v) is 4.98. The molecule has 2 unspecified atom stereocenters. The van der Waals surface area contributed by atoms with Gasteiger partial charge in [-0.15, -0.1) is 0 Å². The van der Waals surface area contributed by atoms with Crippen molar-refractivity contribution in [3.8, 4) is 11.5 Å². The minimum atomic E-state index is -1.99. The van der Waals surface area contributed by atoms with E-state index in [-0.39, 0.29) is 43.8 Å². The number of para-hydroxylation sites is 1. The smallest absolute Gasteiger partial charge is 0.534 e. The second-order valence-corrected chi connectivity index (χ2v) is 9.75. The Morgan fingerprint density at radius 2 is 2.05 bits per heavy atom. The Kier molecular flexibility index (Phi) is 9.25. The van der Waals surface area contributed by atoms with Gasteiger partial charge in [0.05, 0.1) is 23.7 Å². The number of aromatic hydroxyl groups is 1. The number of benzene rings is 1. The maximum atomic E-state index is 14.9. The predicted octanol–water partition coefficient (Wildman–Crippen LogP) is -1.92. The number of fused-ring (bicyclic) bond motifs is 1. The summed E-state index contributed by atoms with van der Waals surface area (Å²) >= 11 is 0. The maximum absolute atomic E-state index is 14.9. The van der Waals surface area contributed by atoms with Crippen LogP contribution in [0.4, 0.5) is 4.39 Å². The molecule has 1 aromatic carbocycles. The molecule has 3 amide bonds. The molecule has 0 spiro atoms. The summed E-state index contributed by atoms with van der Waals surface area (Å²) in [5.41, 5.74) is 5.28. The number of aliphatic hydroxyl groups is 1. The number of halogens is 1. The Bertz CT molecular complexity index is 1380. The van der Waals surface area contributed by atoms with E-state index in [1.54, 1.807) is 13.0 Å². The number of carbonyl (C=O) groups is 4. The van der Waals surface area contributed by atoms with Gasteiger partial charge in [-0.25, -0.2) is 9.18 Å². The lowest BCUT2D eigenvalue weighted by Crippen LogP contribution is -2.66. The number of carboxylic acids is 1. The van der Waals surface area contributed by atoms with Crippen molar-refractivity contribution in [3.05, 3.63) is 53.1 Å². The van der Waals surface area contributed by atoms with Crippen LogP contribution in [0.5, 0.6) is 11.5 Å². The molecule has 0 saturated carbocycles. The molecule has 3 heterocycles. The Morgan fingerprint density at radius 1 is 1.31 bits per heavy atom. The summed E-state index contributed by atoms with van der Waals surface area (Å²) in [4.78, 5) is 56.5. The molecule has 2 aliphatic heterocycles. The number of piperazine rings is 1. The van der Waals surface area contributed by atoms with Crippen LogP contribution in [-0.2, 0) is 20.8 Å². The largest absolute Gasteiger partial charge is 0.547 e. The molecular weight excluding hydrogens is 558 g/mol. The minimum absolute atomic E-state index is 0.0586. The van der Waals surface area contributed by atoms with Crippen molar-refractivity contribution >= 4 is 30.8 Å². The van der Waals surface area contributed by atoms with Crippen LogP contribution in [0.1, 0.15) is 41.0 Å². The average molecular weight is 588 g/mol. The highest BCUT2D eigenvalue weighted by Crippen LogP contribution is 2.30. The first kappa shape index (κ1) is 30.6. The Hall–Kier alpha value is -4.32. The third kappa shape index (κ3) is 6.13. The van der Waals surface area contributed by atoms with E-state index in [4.69, 9.17) is 10.4 Å². The van der Waals surface area contributed by atoms with E-state index < -0.39 is 72.4 Å². The standard InChI is InChI=1S/C25H30BFN6O9/c1-2-32-11-13(6-7-28)33(23(37)22(32)36)25(40)31-19(18-16(27)9-14(34)10-29-18)21(35)30-17-8-12-4-3-5-15(24(38)39)20(12)42-26(17)41/h3-5,9-10,13,17,19,25,31,34,40-41H,2,6-8,11,28H2,1H3,(H,30,35)(H,38,39)/t13-,17-,19?,25?/m0/s1. The Morgan fingerprint density at radius 3 is 2.69 bits per heavy atom. The van der Waals surface area contributed by atoms with Crippen molar-refractivity contribution in [1.82, 2.24) is 25.4 Å². The van der Waals surface area contributed by atoms with Gasteiger partial charge in [0.2, 0.25) is 5.91 Å². The first-order chi connectivity index (χ1) is 20.0. The van der Waals surface area contributed by atoms with Gasteiger partial charge in [0.15, 0.2) is 12.2 Å². The Balaban J connectivity index is 1.62. The number of amides is 3. The summed E-state index contributed by atoms with van der Waals surface area (Å²) in [5.74, 6) is -7.17. The molecule has 42 heavy (non-hydrogen) atoms. The number of aromatic nitrogens is 1. The number of aromatic carboxylic acids is 1. The third-order valence-electron chi connectivity index (χ3n) is 7.06. The van der Waals surface area contributed by atoms with Gasteiger partial charge in [0.25, 0.3) is 0 Å². The van der Waals surface area contributed by atoms with Crippen LogP contribution in [0, 0.1) is 5.82 Å². The number of pyridine rings is 1. The summed E-state index contributed by atoms with van der Waals surface area (Å²) in [7, 11) is -1.71. The number of rotatable bonds is 10. The molecule has 2 aliphatic rings. The number of nitrogens with one attached hydrogen (secondary N) is 2. The topological polar surface area (TPSA) is 228 Å². The summed E-state index contributed by atoms with van der Waals surface area (Å²) in [6.45, 7) is 2.08. The van der Waals surface area contributed by atoms with Gasteiger partial charge in [-0.2, -0.15) is 0 Å². The van der Waals surface area contributed by atoms with Crippen molar-refractivity contribution < 1.29 is 48.6 Å². The van der Waals surface area contributed by atoms with Gasteiger partial charge in [0.1, 0.15) is 23.2 Å². The van der Waals surface area contributed by atoms with Crippen LogP contribution in [0.3, 0.4) is 0 Å². The number of hydrogen-bond acceptors (Lipinski definition) is 11. The molecule has 4 rings (SSSR count). The van der Waals surface area contributed by atoms with Gasteiger partial charge in [-0.3, -0.25) is 29.6 Å². The number of nitrogens with zero attached hydrogens (tertiary/aromatic N) is 3. The summed E-state index contributed by atoms with van der Waals surface area (Å²) in [6, 6.07) is 2.43. The van der Waals surface area contributed by atoms with Crippen molar-refractivity contribution in [2.24, 2.45) is 5.73 Å². The molecule has 2 aromatic rings. The number of carbonyl (C=O) groups excluding carboxylic acids is 3. The monoisotopic (exact) mass is 588 g/mol. The number of nitrogens with two attached hydrogens (primary N) is 1. The van der Waals surface area contributed by atoms with Gasteiger partial charge < -0.3 is 40.9 Å². The number of hydrogen-bond donors (Lipinski definition) is 7. The summed E-state index contributed by atoms with van der Waals surface area (Å²) < 4.78 is 20.3. The van der Waals surface area contributed by atoms with E-state index in [1.165, 1.54) is 17.0 Å². The number of likely N-dealkylation sites (N-methyl/N-ethyl adjacent to an activating group) is 1. The molecule has 15 nitrogen and oxygen atoms in total. The van der Waals surface area contributed by atoms with Gasteiger partial charge in [-0.1, -0.05) is 12.1 Å². The molecule has 224 valence electrons. The van der Waals surface area contributed by atoms with E-state index in [1.807, 2.05) is 0 Å². The summed E-state index contributed by atoms with van der Waals surface area (Å²) in [5, 5.41) is 45.6. The van der Waals surface area contributed by atoms with Gasteiger partial charge in [-0.05, 0) is 37.9 Å². The second kappa shape index (κ2) is 12.7. The molecule has 0 aliphatic carbocycles. The highest BCUT2D eigenvalue weighted by molar-refractivity contribution is 6.47. The Labute approximate surface area is 239 Å². The zero-order valence-corrected chi connectivity index (χ0v) is 22.4. The molecule has 17 heteroatoms. The maximum Gasteiger partial charge on any atom is 0.547 e. The fraction of sp³-hybridized carbons (Fsp3) is 0.400. The fourth-order valence-electron chi connectivity index (χ4n) is 4.98. The molecule has 1 aromatic heterocycles. The zero-order valence-electron chi connectivity index (χ0n) is 22.4. The molecule has 0 radical (unpaired) electrons. The molecular formula is C25H30BFN6O9. The van der Waals surface area contributed by atoms with E-state index >= 15 is 0 Å². The molecule has 8 N–H and O–H groups in total. The average Bonchev–Trinajstić information content (AvgIpc) is 2.94. The van der Waals surface area contributed by atoms with Crippen LogP contribution in [-0.4, -0.2) is 104 Å². The first-order valence-electron chi connectivity index (χ1n) is 13.1. The van der Waals surface area contributed by atoms with Crippen molar-refractivity contribution in [2.45, 2.75) is 44.1 Å². The SMILES string of the molecule is CCN1C[C@H](CCN)N(C(O)NC(C(=O)N[C@H]2Cc3cccc(C(=O)O)c3OB2O)c2ncc(O)cc2F)C(=O)C1=O. The van der Waals surface area contributed by atoms with Crippen LogP contribution in [0.25, 0.3) is 0 Å². The van der Waals surface area contributed by atoms with Crippen molar-refractivity contribution in [2.75, 3.05) is 19.6 Å². The molecule has 0 bridgehead atoms. The van der Waals surface area contributed by atoms with E-state index in [0.29, 0.717) is 11.6 Å². The first-order valence-corrected chi connectivity index (χ1v) is 13.1. The molecule has 4 atom stereocenters. The lowest BCUT2D eigenvalue weighted by atomic mass is 9.72. The van der Waals surface area contributed by atoms with Gasteiger partial charge >= 0.3 is 24.9 Å². The van der Waals surface area contributed by atoms with E-state index in [2.05, 4.69) is 15.6 Å². The van der Waals surface area contributed by atoms with Crippen LogP contribution in [0.15, 0.2) is 30.5 Å². The van der Waals surface area contributed by atoms with Crippen molar-refractivity contribution in [3.63, 3.8) is 0 Å². The lowest BCUT2D eigenvalue weighted by molar-refractivity contribution is -0.171. The molecule has 1 saturated heterocycles. The summed E-state index contributed by atoms with van der Waals surface area (Å²) in [6.07, 6.45) is -1.01. The van der Waals surface area contributed by atoms with Gasteiger partial charge in [0, 0.05) is 19.2 Å². The van der Waals surface area contributed by atoms with E-state index in [9.17, 15) is 43.9 Å². The normalized spacial score (nSPS) is 20.1. The van der Waals surface area contributed by atoms with Crippen LogP contribution in [0.2, 0.25) is 0 Å². The highest BCUT2D eigenvalue weighted by Gasteiger charge is 2.44. The third-order valence-corrected chi connectivity index (χ3v) is 7.06. The number of carboxylic acid groups (broad SMARTS) is 1. The van der Waals surface area contributed by atoms with Crippen molar-refractivity contribution in [1.29, 1.82) is 0 Å². The molecule has 1 fully saturated rings. The highest BCUT2D eigenvalue weighted by atomic mass is 19.1. The zero-order chi connectivity index (χ0) is 30.7. The van der Waals surface area contributed by atoms with Crippen LogP contribution >= 0.6 is 0 Å². The lowest BCUT2D eigenvalue weighted by Gasteiger charge is -2.43. The minimum Gasteiger partial charge on any atom is -0.534 e. The quantitative estimate of drug-likeness (QED) is 0.0916. The van der Waals surface area contributed by atoms with Crippen LogP contribution < -0.4 is 21.0 Å².